The van der Waals surface area contributed by atoms with E-state index in [0.717, 1.165) is 24.0 Å². The zero-order valence-corrected chi connectivity index (χ0v) is 18.2. The summed E-state index contributed by atoms with van der Waals surface area (Å²) in [5.74, 6) is 0.789. The highest BCUT2D eigenvalue weighted by molar-refractivity contribution is 6.10. The fourth-order valence-corrected chi connectivity index (χ4v) is 2.98. The lowest BCUT2D eigenvalue weighted by Crippen LogP contribution is -2.14. The van der Waals surface area contributed by atoms with E-state index in [1.54, 1.807) is 19.3 Å². The molecular weight excluding hydrogens is 376 g/mol. The number of nitriles is 1. The molecule has 0 aromatic heterocycles. The highest BCUT2D eigenvalue weighted by atomic mass is 16.5. The second kappa shape index (κ2) is 11.7. The molecule has 0 aliphatic rings. The van der Waals surface area contributed by atoms with Crippen molar-refractivity contribution in [3.8, 4) is 17.6 Å². The lowest BCUT2D eigenvalue weighted by atomic mass is 10.1. The topological polar surface area (TPSA) is 71.3 Å². The first-order valence-electron chi connectivity index (χ1n) is 10.3. The molecule has 0 atom stereocenters. The molecule has 0 fully saturated rings. The summed E-state index contributed by atoms with van der Waals surface area (Å²) in [5, 5.41) is 12.3. The van der Waals surface area contributed by atoms with Gasteiger partial charge in [-0.3, -0.25) is 4.79 Å². The van der Waals surface area contributed by atoms with Crippen LogP contribution in [-0.2, 0) is 4.79 Å². The van der Waals surface area contributed by atoms with Gasteiger partial charge in [0.2, 0.25) is 0 Å². The van der Waals surface area contributed by atoms with Crippen LogP contribution in [0.5, 0.6) is 11.5 Å². The van der Waals surface area contributed by atoms with Crippen LogP contribution in [0, 0.1) is 25.2 Å². The molecule has 2 rings (SSSR count). The van der Waals surface area contributed by atoms with Crippen molar-refractivity contribution in [3.63, 3.8) is 0 Å². The highest BCUT2D eigenvalue weighted by Gasteiger charge is 2.12. The molecule has 0 radical (unpaired) electrons. The quantitative estimate of drug-likeness (QED) is 0.307. The van der Waals surface area contributed by atoms with Crippen LogP contribution in [0.15, 0.2) is 42.0 Å². The third-order valence-corrected chi connectivity index (χ3v) is 4.76. The minimum atomic E-state index is -0.443. The fourth-order valence-electron chi connectivity index (χ4n) is 2.98. The van der Waals surface area contributed by atoms with Gasteiger partial charge in [0.25, 0.3) is 5.91 Å². The molecule has 30 heavy (non-hydrogen) atoms. The summed E-state index contributed by atoms with van der Waals surface area (Å²) in [6.45, 7) is 6.67. The molecular formula is C25H30N2O3. The Bertz CT molecular complexity index is 942. The first kappa shape index (κ1) is 23.0. The number of ether oxygens (including phenoxy) is 2. The van der Waals surface area contributed by atoms with Gasteiger partial charge in [-0.05, 0) is 61.2 Å². The van der Waals surface area contributed by atoms with Crippen LogP contribution in [0.25, 0.3) is 6.08 Å². The van der Waals surface area contributed by atoms with Crippen molar-refractivity contribution in [1.82, 2.24) is 0 Å². The van der Waals surface area contributed by atoms with E-state index in [2.05, 4.69) is 12.2 Å². The first-order valence-corrected chi connectivity index (χ1v) is 10.3. The molecule has 0 heterocycles. The van der Waals surface area contributed by atoms with E-state index in [0.29, 0.717) is 29.4 Å². The number of amides is 1. The number of benzene rings is 2. The SMILES string of the molecule is CCCCCCOc1ccc(/C=C(\C#N)C(=O)Nc2cc(C)ccc2C)cc1OC. The molecule has 0 aliphatic carbocycles. The van der Waals surface area contributed by atoms with E-state index in [1.165, 1.54) is 12.8 Å². The molecule has 5 heteroatoms. The predicted molar refractivity (Wildman–Crippen MR) is 121 cm³/mol. The minimum absolute atomic E-state index is 0.0196. The summed E-state index contributed by atoms with van der Waals surface area (Å²) >= 11 is 0. The number of hydrogen-bond donors (Lipinski definition) is 1. The number of carbonyl (C=O) groups excluding carboxylic acids is 1. The molecule has 0 saturated carbocycles. The average Bonchev–Trinajstić information content (AvgIpc) is 2.74. The number of nitrogens with zero attached hydrogens (tertiary/aromatic N) is 1. The van der Waals surface area contributed by atoms with Crippen molar-refractivity contribution >= 4 is 17.7 Å². The Morgan fingerprint density at radius 2 is 1.90 bits per heavy atom. The van der Waals surface area contributed by atoms with E-state index in [9.17, 15) is 10.1 Å². The third-order valence-electron chi connectivity index (χ3n) is 4.76. The third kappa shape index (κ3) is 6.66. The average molecular weight is 407 g/mol. The lowest BCUT2D eigenvalue weighted by Gasteiger charge is -2.12. The second-order valence-corrected chi connectivity index (χ2v) is 7.26. The number of rotatable bonds is 10. The van der Waals surface area contributed by atoms with Crippen molar-refractivity contribution in [2.75, 3.05) is 19.0 Å². The molecule has 1 amide bonds. The molecule has 2 aromatic carbocycles. The highest BCUT2D eigenvalue weighted by Crippen LogP contribution is 2.29. The number of nitrogens with one attached hydrogen (secondary N) is 1. The Balaban J connectivity index is 2.13. The van der Waals surface area contributed by atoms with Crippen LogP contribution in [0.1, 0.15) is 49.3 Å². The largest absolute Gasteiger partial charge is 0.493 e. The van der Waals surface area contributed by atoms with Crippen molar-refractivity contribution in [1.29, 1.82) is 5.26 Å². The van der Waals surface area contributed by atoms with Gasteiger partial charge in [0.1, 0.15) is 11.6 Å². The van der Waals surface area contributed by atoms with Gasteiger partial charge in [0.05, 0.1) is 13.7 Å². The molecule has 0 aliphatic heterocycles. The van der Waals surface area contributed by atoms with Gasteiger partial charge < -0.3 is 14.8 Å². The van der Waals surface area contributed by atoms with Gasteiger partial charge in [-0.1, -0.05) is 44.4 Å². The summed E-state index contributed by atoms with van der Waals surface area (Å²) < 4.78 is 11.2. The summed E-state index contributed by atoms with van der Waals surface area (Å²) in [6, 6.07) is 13.2. The number of unbranched alkanes of at least 4 members (excludes halogenated alkanes) is 3. The summed E-state index contributed by atoms with van der Waals surface area (Å²) in [4.78, 5) is 12.6. The van der Waals surface area contributed by atoms with Crippen molar-refractivity contribution in [2.45, 2.75) is 46.5 Å². The number of aryl methyl sites for hydroxylation is 2. The predicted octanol–water partition coefficient (Wildman–Crippen LogP) is 5.82. The van der Waals surface area contributed by atoms with Gasteiger partial charge in [-0.15, -0.1) is 0 Å². The van der Waals surface area contributed by atoms with E-state index in [1.807, 2.05) is 50.2 Å². The molecule has 5 nitrogen and oxygen atoms in total. The van der Waals surface area contributed by atoms with E-state index in [4.69, 9.17) is 9.47 Å². The summed E-state index contributed by atoms with van der Waals surface area (Å²) in [5.41, 5.74) is 3.39. The molecule has 1 N–H and O–H groups in total. The number of hydrogen-bond acceptors (Lipinski definition) is 4. The van der Waals surface area contributed by atoms with Crippen LogP contribution in [0.4, 0.5) is 5.69 Å². The maximum absolute atomic E-state index is 12.6. The Kier molecular flexibility index (Phi) is 8.96. The Morgan fingerprint density at radius 3 is 2.60 bits per heavy atom. The van der Waals surface area contributed by atoms with Crippen LogP contribution in [0.3, 0.4) is 0 Å². The zero-order chi connectivity index (χ0) is 21.9. The molecule has 0 spiro atoms. The smallest absolute Gasteiger partial charge is 0.266 e. The van der Waals surface area contributed by atoms with Crippen LogP contribution < -0.4 is 14.8 Å². The van der Waals surface area contributed by atoms with E-state index < -0.39 is 5.91 Å². The van der Waals surface area contributed by atoms with Gasteiger partial charge in [0, 0.05) is 5.69 Å². The standard InChI is InChI=1S/C25H30N2O3/c1-5-6-7-8-13-30-23-12-11-20(16-24(23)29-4)15-21(17-26)25(28)27-22-14-18(2)9-10-19(22)3/h9-12,14-16H,5-8,13H2,1-4H3,(H,27,28)/b21-15+. The Morgan fingerprint density at radius 1 is 1.10 bits per heavy atom. The van der Waals surface area contributed by atoms with Gasteiger partial charge in [-0.2, -0.15) is 5.26 Å². The van der Waals surface area contributed by atoms with Crippen molar-refractivity contribution in [3.05, 3.63) is 58.7 Å². The fraction of sp³-hybridized carbons (Fsp3) is 0.360. The number of anilines is 1. The van der Waals surface area contributed by atoms with Gasteiger partial charge in [0.15, 0.2) is 11.5 Å². The van der Waals surface area contributed by atoms with E-state index >= 15 is 0 Å². The minimum Gasteiger partial charge on any atom is -0.493 e. The van der Waals surface area contributed by atoms with Gasteiger partial charge in [-0.25, -0.2) is 0 Å². The summed E-state index contributed by atoms with van der Waals surface area (Å²) in [6.07, 6.45) is 6.07. The van der Waals surface area contributed by atoms with Crippen LogP contribution in [0.2, 0.25) is 0 Å². The molecule has 158 valence electrons. The lowest BCUT2D eigenvalue weighted by molar-refractivity contribution is -0.112. The van der Waals surface area contributed by atoms with Crippen molar-refractivity contribution in [2.24, 2.45) is 0 Å². The first-order chi connectivity index (χ1) is 14.5. The number of methoxy groups -OCH3 is 1. The summed E-state index contributed by atoms with van der Waals surface area (Å²) in [7, 11) is 1.57. The Hall–Kier alpha value is -3.26. The normalized spacial score (nSPS) is 11.0. The maximum Gasteiger partial charge on any atom is 0.266 e. The van der Waals surface area contributed by atoms with Crippen LogP contribution in [-0.4, -0.2) is 19.6 Å². The van der Waals surface area contributed by atoms with Crippen molar-refractivity contribution < 1.29 is 14.3 Å². The second-order valence-electron chi connectivity index (χ2n) is 7.26. The van der Waals surface area contributed by atoms with Gasteiger partial charge >= 0.3 is 0 Å². The molecule has 0 bridgehead atoms. The molecule has 2 aromatic rings. The molecule has 0 saturated heterocycles. The molecule has 0 unspecified atom stereocenters. The maximum atomic E-state index is 12.6. The van der Waals surface area contributed by atoms with E-state index in [-0.39, 0.29) is 5.57 Å². The Labute approximate surface area is 179 Å². The zero-order valence-electron chi connectivity index (χ0n) is 18.2. The monoisotopic (exact) mass is 406 g/mol. The van der Waals surface area contributed by atoms with Crippen LogP contribution >= 0.6 is 0 Å². The number of carbonyl (C=O) groups is 1.